The maximum absolute atomic E-state index is 11.2. The minimum atomic E-state index is -0.739. The molecular weight excluding hydrogens is 236 g/mol. The molecule has 2 bridgehead atoms. The molecular formula is C16H26N2O. The van der Waals surface area contributed by atoms with Crippen LogP contribution in [0.3, 0.4) is 0 Å². The highest BCUT2D eigenvalue weighted by Gasteiger charge is 2.56. The Balaban J connectivity index is 1.80. The standard InChI is InChI=1S/C16H26N2O/c1-2-12-5-7-15(11-17,8-6-12)16(19)9-13-3-4-14(10-16)18-13/h12-14,18-19H,2-10H2,1H3. The SMILES string of the molecule is CCC1CCC(C#N)(C2(O)CC3CCC(C2)N3)CC1. The molecule has 3 nitrogen and oxygen atoms in total. The first kappa shape index (κ1) is 13.4. The molecule has 1 aliphatic carbocycles. The van der Waals surface area contributed by atoms with Crippen LogP contribution in [-0.2, 0) is 0 Å². The zero-order valence-electron chi connectivity index (χ0n) is 12.0. The van der Waals surface area contributed by atoms with E-state index in [2.05, 4.69) is 18.3 Å². The Bertz CT molecular complexity index is 367. The first-order valence-electron chi connectivity index (χ1n) is 8.00. The Morgan fingerprint density at radius 3 is 2.21 bits per heavy atom. The molecule has 0 spiro atoms. The lowest BCUT2D eigenvalue weighted by molar-refractivity contribution is -0.108. The number of nitriles is 1. The molecule has 2 aliphatic heterocycles. The lowest BCUT2D eigenvalue weighted by atomic mass is 9.58. The summed E-state index contributed by atoms with van der Waals surface area (Å²) in [7, 11) is 0. The third-order valence-electron chi connectivity index (χ3n) is 6.14. The van der Waals surface area contributed by atoms with Crippen molar-refractivity contribution in [1.29, 1.82) is 5.26 Å². The van der Waals surface area contributed by atoms with Crippen molar-refractivity contribution in [3.8, 4) is 6.07 Å². The summed E-state index contributed by atoms with van der Waals surface area (Å²) in [6.45, 7) is 2.24. The third kappa shape index (κ3) is 2.10. The summed E-state index contributed by atoms with van der Waals surface area (Å²) in [5.41, 5.74) is -1.21. The van der Waals surface area contributed by atoms with E-state index in [4.69, 9.17) is 0 Å². The van der Waals surface area contributed by atoms with Crippen molar-refractivity contribution < 1.29 is 5.11 Å². The van der Waals surface area contributed by atoms with Gasteiger partial charge in [0.2, 0.25) is 0 Å². The van der Waals surface area contributed by atoms with Gasteiger partial charge in [-0.25, -0.2) is 0 Å². The first-order chi connectivity index (χ1) is 9.11. The highest BCUT2D eigenvalue weighted by Crippen LogP contribution is 2.53. The molecule has 0 aromatic heterocycles. The quantitative estimate of drug-likeness (QED) is 0.804. The van der Waals surface area contributed by atoms with Crippen molar-refractivity contribution >= 4 is 0 Å². The molecule has 3 fully saturated rings. The molecule has 0 aromatic rings. The Morgan fingerprint density at radius 2 is 1.74 bits per heavy atom. The second-order valence-electron chi connectivity index (χ2n) is 7.12. The van der Waals surface area contributed by atoms with Crippen molar-refractivity contribution in [2.24, 2.45) is 11.3 Å². The van der Waals surface area contributed by atoms with Crippen LogP contribution in [0.15, 0.2) is 0 Å². The van der Waals surface area contributed by atoms with Crippen LogP contribution >= 0.6 is 0 Å². The van der Waals surface area contributed by atoms with E-state index in [0.717, 1.165) is 44.4 Å². The maximum atomic E-state index is 11.2. The van der Waals surface area contributed by atoms with Crippen molar-refractivity contribution in [2.45, 2.75) is 82.4 Å². The molecule has 3 aliphatic rings. The van der Waals surface area contributed by atoms with Gasteiger partial charge < -0.3 is 10.4 Å². The van der Waals surface area contributed by atoms with Crippen LogP contribution in [0, 0.1) is 22.7 Å². The summed E-state index contributed by atoms with van der Waals surface area (Å²) < 4.78 is 0. The molecule has 0 radical (unpaired) electrons. The van der Waals surface area contributed by atoms with Gasteiger partial charge in [0, 0.05) is 12.1 Å². The van der Waals surface area contributed by atoms with Crippen LogP contribution in [0.1, 0.15) is 64.7 Å². The van der Waals surface area contributed by atoms with Gasteiger partial charge in [0.05, 0.1) is 17.1 Å². The monoisotopic (exact) mass is 262 g/mol. The number of aliphatic hydroxyl groups is 1. The van der Waals surface area contributed by atoms with E-state index in [1.807, 2.05) is 0 Å². The van der Waals surface area contributed by atoms with Gasteiger partial charge >= 0.3 is 0 Å². The van der Waals surface area contributed by atoms with E-state index in [1.54, 1.807) is 0 Å². The third-order valence-corrected chi connectivity index (χ3v) is 6.14. The van der Waals surface area contributed by atoms with Crippen molar-refractivity contribution in [1.82, 2.24) is 5.32 Å². The van der Waals surface area contributed by atoms with E-state index in [9.17, 15) is 10.4 Å². The summed E-state index contributed by atoms with van der Waals surface area (Å²) in [6, 6.07) is 3.45. The molecule has 3 rings (SSSR count). The summed E-state index contributed by atoms with van der Waals surface area (Å²) in [4.78, 5) is 0. The zero-order valence-corrected chi connectivity index (χ0v) is 12.0. The molecule has 106 valence electrons. The number of hydrogen-bond donors (Lipinski definition) is 2. The summed E-state index contributed by atoms with van der Waals surface area (Å²) in [5, 5.41) is 24.6. The van der Waals surface area contributed by atoms with Crippen LogP contribution < -0.4 is 5.32 Å². The Labute approximate surface area is 116 Å². The molecule has 2 unspecified atom stereocenters. The summed E-state index contributed by atoms with van der Waals surface area (Å²) in [5.74, 6) is 0.767. The molecule has 2 heterocycles. The van der Waals surface area contributed by atoms with Gasteiger partial charge in [0.15, 0.2) is 0 Å². The van der Waals surface area contributed by atoms with Gasteiger partial charge in [0.1, 0.15) is 0 Å². The second-order valence-corrected chi connectivity index (χ2v) is 7.12. The first-order valence-corrected chi connectivity index (χ1v) is 8.00. The lowest BCUT2D eigenvalue weighted by Crippen LogP contribution is -2.58. The topological polar surface area (TPSA) is 56.0 Å². The van der Waals surface area contributed by atoms with Gasteiger partial charge in [-0.3, -0.25) is 0 Å². The van der Waals surface area contributed by atoms with E-state index in [1.165, 1.54) is 19.3 Å². The molecule has 3 heteroatoms. The van der Waals surface area contributed by atoms with Crippen LogP contribution in [0.5, 0.6) is 0 Å². The van der Waals surface area contributed by atoms with Crippen LogP contribution in [-0.4, -0.2) is 22.8 Å². The number of nitrogens with zero attached hydrogens (tertiary/aromatic N) is 1. The number of piperidine rings is 1. The fourth-order valence-electron chi connectivity index (χ4n) is 4.77. The van der Waals surface area contributed by atoms with Gasteiger partial charge in [-0.15, -0.1) is 0 Å². The highest BCUT2D eigenvalue weighted by molar-refractivity contribution is 5.17. The largest absolute Gasteiger partial charge is 0.388 e. The zero-order chi connectivity index (χ0) is 13.5. The van der Waals surface area contributed by atoms with E-state index < -0.39 is 11.0 Å². The Hall–Kier alpha value is -0.590. The molecule has 0 aromatic carbocycles. The predicted octanol–water partition coefficient (Wildman–Crippen LogP) is 2.74. The second kappa shape index (κ2) is 4.75. The predicted molar refractivity (Wildman–Crippen MR) is 74.4 cm³/mol. The van der Waals surface area contributed by atoms with Gasteiger partial charge in [-0.05, 0) is 57.3 Å². The lowest BCUT2D eigenvalue weighted by Gasteiger charge is -2.50. The maximum Gasteiger partial charge on any atom is 0.0862 e. The van der Waals surface area contributed by atoms with E-state index in [0.29, 0.717) is 12.1 Å². The average molecular weight is 262 g/mol. The number of hydrogen-bond acceptors (Lipinski definition) is 3. The molecule has 2 N–H and O–H groups in total. The number of nitrogens with one attached hydrogen (secondary N) is 1. The van der Waals surface area contributed by atoms with Crippen LogP contribution in [0.4, 0.5) is 0 Å². The molecule has 19 heavy (non-hydrogen) atoms. The van der Waals surface area contributed by atoms with Crippen LogP contribution in [0.25, 0.3) is 0 Å². The average Bonchev–Trinajstić information content (AvgIpc) is 2.78. The minimum absolute atomic E-state index is 0.442. The highest BCUT2D eigenvalue weighted by atomic mass is 16.3. The Morgan fingerprint density at radius 1 is 1.16 bits per heavy atom. The fraction of sp³-hybridized carbons (Fsp3) is 0.938. The molecule has 1 saturated carbocycles. The van der Waals surface area contributed by atoms with E-state index >= 15 is 0 Å². The van der Waals surface area contributed by atoms with Crippen LogP contribution in [0.2, 0.25) is 0 Å². The molecule has 2 atom stereocenters. The van der Waals surface area contributed by atoms with E-state index in [-0.39, 0.29) is 0 Å². The van der Waals surface area contributed by atoms with Gasteiger partial charge in [-0.2, -0.15) is 5.26 Å². The van der Waals surface area contributed by atoms with Crippen molar-refractivity contribution in [3.05, 3.63) is 0 Å². The minimum Gasteiger partial charge on any atom is -0.388 e. The summed E-state index contributed by atoms with van der Waals surface area (Å²) >= 11 is 0. The number of rotatable bonds is 2. The normalized spacial score (nSPS) is 49.8. The summed E-state index contributed by atoms with van der Waals surface area (Å²) in [6.07, 6.45) is 9.17. The van der Waals surface area contributed by atoms with Gasteiger partial charge in [0.25, 0.3) is 0 Å². The molecule has 2 saturated heterocycles. The Kier molecular flexibility index (Phi) is 3.35. The van der Waals surface area contributed by atoms with Crippen molar-refractivity contribution in [3.63, 3.8) is 0 Å². The van der Waals surface area contributed by atoms with Gasteiger partial charge in [-0.1, -0.05) is 13.3 Å². The number of fused-ring (bicyclic) bond motifs is 2. The fourth-order valence-corrected chi connectivity index (χ4v) is 4.77. The van der Waals surface area contributed by atoms with Crippen molar-refractivity contribution in [2.75, 3.05) is 0 Å². The smallest absolute Gasteiger partial charge is 0.0862 e. The molecule has 0 amide bonds.